The van der Waals surface area contributed by atoms with Gasteiger partial charge in [-0.1, -0.05) is 6.92 Å². The van der Waals surface area contributed by atoms with Crippen LogP contribution in [0.5, 0.6) is 5.75 Å². The molecule has 0 bridgehead atoms. The van der Waals surface area contributed by atoms with Crippen LogP contribution in [-0.4, -0.2) is 36.4 Å². The summed E-state index contributed by atoms with van der Waals surface area (Å²) < 4.78 is 10.5. The van der Waals surface area contributed by atoms with Gasteiger partial charge in [0.15, 0.2) is 11.4 Å². The molecule has 0 N–H and O–H groups in total. The Balaban J connectivity index is 2.59. The molecule has 0 radical (unpaired) electrons. The first-order chi connectivity index (χ1) is 10.7. The van der Waals surface area contributed by atoms with Crippen LogP contribution in [-0.2, 0) is 14.3 Å². The van der Waals surface area contributed by atoms with Crippen LogP contribution in [0.15, 0.2) is 18.2 Å². The van der Waals surface area contributed by atoms with Gasteiger partial charge in [-0.05, 0) is 39.0 Å². The monoisotopic (exact) mass is 319 g/mol. The van der Waals surface area contributed by atoms with Crippen molar-refractivity contribution in [2.45, 2.75) is 45.8 Å². The number of rotatable bonds is 4. The molecule has 1 aromatic carbocycles. The number of carbonyl (C=O) groups excluding carboxylic acids is 3. The minimum atomic E-state index is -1.11. The molecule has 1 aliphatic heterocycles. The number of benzene rings is 1. The summed E-state index contributed by atoms with van der Waals surface area (Å²) in [6.07, 6.45) is 0.353. The molecular weight excluding hydrogens is 298 g/mol. The molecule has 1 aliphatic rings. The minimum Gasteiger partial charge on any atom is -0.476 e. The van der Waals surface area contributed by atoms with Crippen molar-refractivity contribution in [1.82, 2.24) is 0 Å². The Bertz CT molecular complexity index is 665. The summed E-state index contributed by atoms with van der Waals surface area (Å²) in [5, 5.41) is 0. The van der Waals surface area contributed by atoms with E-state index < -0.39 is 17.6 Å². The second kappa shape index (κ2) is 6.02. The van der Waals surface area contributed by atoms with E-state index in [1.807, 2.05) is 0 Å². The van der Waals surface area contributed by atoms with Crippen LogP contribution in [0.25, 0.3) is 0 Å². The number of amides is 1. The first-order valence-electron chi connectivity index (χ1n) is 7.50. The molecule has 0 saturated heterocycles. The number of methoxy groups -OCH3 is 1. The van der Waals surface area contributed by atoms with Crippen molar-refractivity contribution in [2.75, 3.05) is 12.0 Å². The molecule has 0 spiro atoms. The highest BCUT2D eigenvalue weighted by Crippen LogP contribution is 2.39. The van der Waals surface area contributed by atoms with Crippen molar-refractivity contribution in [3.05, 3.63) is 23.8 Å². The summed E-state index contributed by atoms with van der Waals surface area (Å²) in [6, 6.07) is 4.09. The van der Waals surface area contributed by atoms with Gasteiger partial charge >= 0.3 is 5.97 Å². The molecule has 0 saturated carbocycles. The quantitative estimate of drug-likeness (QED) is 0.629. The van der Waals surface area contributed by atoms with Crippen molar-refractivity contribution in [2.24, 2.45) is 0 Å². The number of hydrogen-bond acceptors (Lipinski definition) is 5. The Kier molecular flexibility index (Phi) is 4.45. The fourth-order valence-corrected chi connectivity index (χ4v) is 2.55. The number of esters is 1. The number of Topliss-reactive ketones (excluding diaryl/α,β-unsaturated/α-hetero) is 1. The van der Waals surface area contributed by atoms with Crippen molar-refractivity contribution in [3.8, 4) is 5.75 Å². The van der Waals surface area contributed by atoms with Crippen molar-refractivity contribution in [3.63, 3.8) is 0 Å². The van der Waals surface area contributed by atoms with Crippen molar-refractivity contribution < 1.29 is 23.9 Å². The number of nitrogens with zero attached hydrogens (tertiary/aromatic N) is 1. The Hall–Kier alpha value is -2.37. The molecule has 1 aromatic rings. The summed E-state index contributed by atoms with van der Waals surface area (Å²) in [4.78, 5) is 37.9. The highest BCUT2D eigenvalue weighted by Gasteiger charge is 2.44. The van der Waals surface area contributed by atoms with E-state index in [0.717, 1.165) is 0 Å². The molecule has 1 amide bonds. The van der Waals surface area contributed by atoms with E-state index in [4.69, 9.17) is 9.47 Å². The average Bonchev–Trinajstić information content (AvgIpc) is 2.53. The van der Waals surface area contributed by atoms with E-state index in [1.165, 1.54) is 12.0 Å². The third-order valence-corrected chi connectivity index (χ3v) is 3.89. The maximum atomic E-state index is 12.7. The smallest absolute Gasteiger partial charge is 0.328 e. The first-order valence-corrected chi connectivity index (χ1v) is 7.50. The SMILES string of the molecule is CCC(=O)c1ccc2c(c1)N(C(C)C(=O)OC)C(=O)C(C)(C)O2. The third kappa shape index (κ3) is 2.93. The van der Waals surface area contributed by atoms with Gasteiger partial charge in [-0.25, -0.2) is 4.79 Å². The Labute approximate surface area is 135 Å². The largest absolute Gasteiger partial charge is 0.476 e. The van der Waals surface area contributed by atoms with Gasteiger partial charge in [0, 0.05) is 12.0 Å². The normalized spacial score (nSPS) is 17.1. The lowest BCUT2D eigenvalue weighted by Gasteiger charge is -2.40. The molecular formula is C17H21NO5. The molecule has 6 heteroatoms. The zero-order valence-electron chi connectivity index (χ0n) is 14.0. The van der Waals surface area contributed by atoms with Gasteiger partial charge in [-0.3, -0.25) is 14.5 Å². The van der Waals surface area contributed by atoms with Gasteiger partial charge in [0.1, 0.15) is 11.8 Å². The Morgan fingerprint density at radius 2 is 2.00 bits per heavy atom. The maximum Gasteiger partial charge on any atom is 0.328 e. The molecule has 0 aromatic heterocycles. The van der Waals surface area contributed by atoms with Gasteiger partial charge in [0.2, 0.25) is 0 Å². The summed E-state index contributed by atoms with van der Waals surface area (Å²) in [7, 11) is 1.27. The van der Waals surface area contributed by atoms with Crippen LogP contribution in [0, 0.1) is 0 Å². The van der Waals surface area contributed by atoms with Gasteiger partial charge < -0.3 is 9.47 Å². The predicted molar refractivity (Wildman–Crippen MR) is 84.7 cm³/mol. The maximum absolute atomic E-state index is 12.7. The molecule has 6 nitrogen and oxygen atoms in total. The standard InChI is InChI=1S/C17H21NO5/c1-6-13(19)11-7-8-14-12(9-11)18(10(2)15(20)22-5)16(21)17(3,4)23-14/h7-10H,6H2,1-5H3. The minimum absolute atomic E-state index is 0.0456. The topological polar surface area (TPSA) is 72.9 Å². The Morgan fingerprint density at radius 1 is 1.35 bits per heavy atom. The van der Waals surface area contributed by atoms with Crippen molar-refractivity contribution in [1.29, 1.82) is 0 Å². The van der Waals surface area contributed by atoms with Gasteiger partial charge in [-0.15, -0.1) is 0 Å². The highest BCUT2D eigenvalue weighted by atomic mass is 16.5. The van der Waals surface area contributed by atoms with E-state index in [2.05, 4.69) is 0 Å². The average molecular weight is 319 g/mol. The first kappa shape index (κ1) is 17.0. The molecule has 1 atom stereocenters. The van der Waals surface area contributed by atoms with E-state index in [1.54, 1.807) is 45.9 Å². The summed E-state index contributed by atoms with van der Waals surface area (Å²) in [6.45, 7) is 6.63. The molecule has 0 fully saturated rings. The zero-order valence-corrected chi connectivity index (χ0v) is 14.0. The lowest BCUT2D eigenvalue weighted by atomic mass is 9.99. The summed E-state index contributed by atoms with van der Waals surface area (Å²) in [5.74, 6) is -0.480. The predicted octanol–water partition coefficient (Wildman–Crippen LogP) is 2.34. The van der Waals surface area contributed by atoms with Crippen LogP contribution in [0.4, 0.5) is 5.69 Å². The molecule has 1 unspecified atom stereocenters. The summed E-state index contributed by atoms with van der Waals surface area (Å²) in [5.41, 5.74) is -0.220. The number of ether oxygens (including phenoxy) is 2. The molecule has 124 valence electrons. The lowest BCUT2D eigenvalue weighted by molar-refractivity contribution is -0.145. The van der Waals surface area contributed by atoms with E-state index in [0.29, 0.717) is 23.4 Å². The van der Waals surface area contributed by atoms with Gasteiger partial charge in [0.05, 0.1) is 12.8 Å². The second-order valence-electron chi connectivity index (χ2n) is 5.95. The van der Waals surface area contributed by atoms with Crippen LogP contribution >= 0.6 is 0 Å². The van der Waals surface area contributed by atoms with E-state index >= 15 is 0 Å². The Morgan fingerprint density at radius 3 is 2.57 bits per heavy atom. The lowest BCUT2D eigenvalue weighted by Crippen LogP contribution is -2.57. The highest BCUT2D eigenvalue weighted by molar-refractivity contribution is 6.07. The molecule has 0 aliphatic carbocycles. The van der Waals surface area contributed by atoms with Gasteiger partial charge in [0.25, 0.3) is 5.91 Å². The molecule has 23 heavy (non-hydrogen) atoms. The fraction of sp³-hybridized carbons (Fsp3) is 0.471. The van der Waals surface area contributed by atoms with Crippen LogP contribution < -0.4 is 9.64 Å². The van der Waals surface area contributed by atoms with Crippen LogP contribution in [0.2, 0.25) is 0 Å². The number of hydrogen-bond donors (Lipinski definition) is 0. The van der Waals surface area contributed by atoms with Gasteiger partial charge in [-0.2, -0.15) is 0 Å². The van der Waals surface area contributed by atoms with Crippen LogP contribution in [0.1, 0.15) is 44.5 Å². The number of ketones is 1. The number of anilines is 1. The zero-order chi connectivity index (χ0) is 17.4. The molecule has 1 heterocycles. The van der Waals surface area contributed by atoms with E-state index in [9.17, 15) is 14.4 Å². The van der Waals surface area contributed by atoms with Crippen LogP contribution in [0.3, 0.4) is 0 Å². The third-order valence-electron chi connectivity index (χ3n) is 3.89. The number of fused-ring (bicyclic) bond motifs is 1. The number of carbonyl (C=O) groups is 3. The van der Waals surface area contributed by atoms with Crippen molar-refractivity contribution >= 4 is 23.3 Å². The summed E-state index contributed by atoms with van der Waals surface area (Å²) >= 11 is 0. The fourth-order valence-electron chi connectivity index (χ4n) is 2.55. The van der Waals surface area contributed by atoms with E-state index in [-0.39, 0.29) is 11.7 Å². The molecule has 2 rings (SSSR count). The second-order valence-corrected chi connectivity index (χ2v) is 5.95.